The van der Waals surface area contributed by atoms with Gasteiger partial charge in [-0.25, -0.2) is 19.9 Å². The smallest absolute Gasteiger partial charge is 0.227 e. The number of oxazole rings is 1. The summed E-state index contributed by atoms with van der Waals surface area (Å²) in [6, 6.07) is 53.2. The molecule has 10 nitrogen and oxygen atoms in total. The summed E-state index contributed by atoms with van der Waals surface area (Å²) in [5.74, 6) is 2.06. The van der Waals surface area contributed by atoms with Gasteiger partial charge in [-0.1, -0.05) is 84.9 Å². The summed E-state index contributed by atoms with van der Waals surface area (Å²) in [7, 11) is 0. The van der Waals surface area contributed by atoms with Gasteiger partial charge in [0.25, 0.3) is 0 Å². The Morgan fingerprint density at radius 1 is 0.328 bits per heavy atom. The lowest BCUT2D eigenvalue weighted by Crippen LogP contribution is -2.01. The monoisotopic (exact) mass is 822 g/mol. The largest absolute Gasteiger partial charge is 0.454 e. The van der Waals surface area contributed by atoms with Crippen molar-refractivity contribution in [3.8, 4) is 67.9 Å². The minimum Gasteiger partial charge on any atom is -0.454 e. The van der Waals surface area contributed by atoms with Crippen molar-refractivity contribution in [1.82, 2.24) is 39.9 Å². The van der Waals surface area contributed by atoms with E-state index in [1.165, 1.54) is 0 Å². The fourth-order valence-corrected chi connectivity index (χ4v) is 8.61. The number of fused-ring (bicyclic) bond motifs is 8. The third kappa shape index (κ3) is 5.96. The Morgan fingerprint density at radius 2 is 0.906 bits per heavy atom. The maximum absolute atomic E-state index is 6.46. The quantitative estimate of drug-likeness (QED) is 0.160. The summed E-state index contributed by atoms with van der Waals surface area (Å²) in [5, 5.41) is 4.30. The lowest BCUT2D eigenvalue weighted by molar-refractivity contribution is 0.620. The van der Waals surface area contributed by atoms with Gasteiger partial charge >= 0.3 is 0 Å². The molecule has 0 spiro atoms. The molecular weight excluding hydrogens is 793 g/mol. The standard InChI is InChI=1S/C54H30N8O2/c1-2-8-33(9-3-1)54-59-49-48(64-54)23-21-41-42-26-34(18-22-47(42)63-50(41)49)38-20-19-37(39-10-4-5-11-40(38)39)31-14-16-32(17-15-31)51-60-52(35-27-45-43(57-29-35)12-6-24-55-45)62-53(61-51)36-28-46-44(58-30-36)13-7-25-56-46/h1-30H. The summed E-state index contributed by atoms with van der Waals surface area (Å²) in [5.41, 5.74) is 13.6. The molecule has 64 heavy (non-hydrogen) atoms. The molecule has 0 radical (unpaired) electrons. The van der Waals surface area contributed by atoms with E-state index in [2.05, 4.69) is 105 Å². The Balaban J connectivity index is 0.876. The number of pyridine rings is 4. The molecule has 298 valence electrons. The summed E-state index contributed by atoms with van der Waals surface area (Å²) in [6.45, 7) is 0. The van der Waals surface area contributed by atoms with Crippen molar-refractivity contribution in [3.05, 3.63) is 183 Å². The molecule has 0 aliphatic carbocycles. The Kier molecular flexibility index (Phi) is 7.97. The fourth-order valence-electron chi connectivity index (χ4n) is 8.61. The second-order valence-electron chi connectivity index (χ2n) is 15.6. The van der Waals surface area contributed by atoms with Crippen LogP contribution >= 0.6 is 0 Å². The molecule has 7 heterocycles. The highest BCUT2D eigenvalue weighted by Crippen LogP contribution is 2.41. The molecule has 10 heteroatoms. The molecular formula is C54H30N8O2. The predicted octanol–water partition coefficient (Wildman–Crippen LogP) is 13.0. The van der Waals surface area contributed by atoms with E-state index in [-0.39, 0.29) is 0 Å². The number of rotatable bonds is 6. The molecule has 13 aromatic rings. The van der Waals surface area contributed by atoms with Crippen LogP contribution < -0.4 is 0 Å². The zero-order valence-electron chi connectivity index (χ0n) is 33.7. The van der Waals surface area contributed by atoms with Crippen molar-refractivity contribution in [2.75, 3.05) is 0 Å². The van der Waals surface area contributed by atoms with Gasteiger partial charge in [0.1, 0.15) is 5.58 Å². The van der Waals surface area contributed by atoms with E-state index in [0.29, 0.717) is 34.5 Å². The average molecular weight is 823 g/mol. The zero-order chi connectivity index (χ0) is 42.1. The normalized spacial score (nSPS) is 11.8. The van der Waals surface area contributed by atoms with E-state index >= 15 is 0 Å². The molecule has 0 aliphatic heterocycles. The topological polar surface area (TPSA) is 129 Å². The van der Waals surface area contributed by atoms with E-state index in [9.17, 15) is 0 Å². The Morgan fingerprint density at radius 3 is 1.58 bits per heavy atom. The number of aromatic nitrogens is 8. The second-order valence-corrected chi connectivity index (χ2v) is 15.6. The van der Waals surface area contributed by atoms with Gasteiger partial charge in [-0.2, -0.15) is 0 Å². The SMILES string of the molecule is c1ccc(-c2nc3c(ccc4c5cc(-c6ccc(-c7ccc(-c8nc(-c9cnc%10cccnc%10c9)nc(-c9cnc%10cccnc%10c9)n8)cc7)c7ccccc67)ccc5oc43)o2)cc1. The molecule has 0 unspecified atom stereocenters. The van der Waals surface area contributed by atoms with E-state index in [1.54, 1.807) is 24.8 Å². The lowest BCUT2D eigenvalue weighted by atomic mass is 9.91. The maximum atomic E-state index is 6.46. The lowest BCUT2D eigenvalue weighted by Gasteiger charge is -2.13. The molecule has 6 aromatic carbocycles. The minimum atomic E-state index is 0.483. The first-order chi connectivity index (χ1) is 31.7. The van der Waals surface area contributed by atoms with Gasteiger partial charge in [0, 0.05) is 57.8 Å². The molecule has 0 aliphatic rings. The third-order valence-corrected chi connectivity index (χ3v) is 11.8. The van der Waals surface area contributed by atoms with Crippen LogP contribution in [0.4, 0.5) is 0 Å². The van der Waals surface area contributed by atoms with Crippen molar-refractivity contribution in [2.45, 2.75) is 0 Å². The van der Waals surface area contributed by atoms with Crippen LogP contribution in [0.5, 0.6) is 0 Å². The van der Waals surface area contributed by atoms with Crippen LogP contribution in [0, 0.1) is 0 Å². The van der Waals surface area contributed by atoms with E-state index < -0.39 is 0 Å². The van der Waals surface area contributed by atoms with Crippen LogP contribution in [0.25, 0.3) is 134 Å². The first-order valence-electron chi connectivity index (χ1n) is 20.8. The van der Waals surface area contributed by atoms with Crippen molar-refractivity contribution < 1.29 is 8.83 Å². The highest BCUT2D eigenvalue weighted by Gasteiger charge is 2.19. The molecule has 0 fully saturated rings. The number of nitrogens with zero attached hydrogens (tertiary/aromatic N) is 8. The summed E-state index contributed by atoms with van der Waals surface area (Å²) in [6.07, 6.45) is 7.06. The van der Waals surface area contributed by atoms with Gasteiger partial charge in [-0.15, -0.1) is 0 Å². The number of benzene rings is 6. The molecule has 0 saturated carbocycles. The van der Waals surface area contributed by atoms with E-state index in [1.807, 2.05) is 72.8 Å². The molecule has 0 amide bonds. The van der Waals surface area contributed by atoms with Crippen molar-refractivity contribution in [3.63, 3.8) is 0 Å². The van der Waals surface area contributed by atoms with Gasteiger partial charge in [0.15, 0.2) is 34.2 Å². The van der Waals surface area contributed by atoms with Crippen LogP contribution in [0.15, 0.2) is 191 Å². The Bertz CT molecular complexity index is 3880. The van der Waals surface area contributed by atoms with Gasteiger partial charge in [-0.3, -0.25) is 19.9 Å². The van der Waals surface area contributed by atoms with E-state index in [0.717, 1.165) is 99.3 Å². The van der Waals surface area contributed by atoms with Crippen LogP contribution in [0.1, 0.15) is 0 Å². The molecule has 13 rings (SSSR count). The highest BCUT2D eigenvalue weighted by molar-refractivity contribution is 6.15. The van der Waals surface area contributed by atoms with Gasteiger partial charge in [0.2, 0.25) is 5.89 Å². The molecule has 0 N–H and O–H groups in total. The molecule has 0 bridgehead atoms. The van der Waals surface area contributed by atoms with Crippen molar-refractivity contribution in [1.29, 1.82) is 0 Å². The fraction of sp³-hybridized carbons (Fsp3) is 0. The average Bonchev–Trinajstić information content (AvgIpc) is 3.98. The molecule has 0 atom stereocenters. The van der Waals surface area contributed by atoms with Crippen LogP contribution in [-0.4, -0.2) is 39.9 Å². The molecule has 0 saturated heterocycles. The van der Waals surface area contributed by atoms with Crippen molar-refractivity contribution >= 4 is 65.9 Å². The highest BCUT2D eigenvalue weighted by atomic mass is 16.4. The Hall–Kier alpha value is -9.02. The summed E-state index contributed by atoms with van der Waals surface area (Å²) in [4.78, 5) is 38.1. The van der Waals surface area contributed by atoms with Crippen LogP contribution in [-0.2, 0) is 0 Å². The van der Waals surface area contributed by atoms with Crippen LogP contribution in [0.2, 0.25) is 0 Å². The summed E-state index contributed by atoms with van der Waals surface area (Å²) < 4.78 is 12.6. The number of hydrogen-bond donors (Lipinski definition) is 0. The van der Waals surface area contributed by atoms with Gasteiger partial charge in [0.05, 0.1) is 22.1 Å². The number of furan rings is 1. The van der Waals surface area contributed by atoms with Gasteiger partial charge in [-0.05, 0) is 106 Å². The second kappa shape index (κ2) is 14.3. The molecule has 7 aromatic heterocycles. The van der Waals surface area contributed by atoms with Crippen LogP contribution in [0.3, 0.4) is 0 Å². The van der Waals surface area contributed by atoms with Crippen molar-refractivity contribution in [2.24, 2.45) is 0 Å². The Labute approximate surface area is 363 Å². The third-order valence-electron chi connectivity index (χ3n) is 11.8. The van der Waals surface area contributed by atoms with E-state index in [4.69, 9.17) is 28.8 Å². The first kappa shape index (κ1) is 35.7. The zero-order valence-corrected chi connectivity index (χ0v) is 33.7. The first-order valence-corrected chi connectivity index (χ1v) is 20.8. The minimum absolute atomic E-state index is 0.483. The number of hydrogen-bond acceptors (Lipinski definition) is 10. The van der Waals surface area contributed by atoms with Gasteiger partial charge < -0.3 is 8.83 Å². The maximum Gasteiger partial charge on any atom is 0.227 e. The predicted molar refractivity (Wildman–Crippen MR) is 251 cm³/mol. The summed E-state index contributed by atoms with van der Waals surface area (Å²) >= 11 is 0.